The van der Waals surface area contributed by atoms with E-state index >= 15 is 0 Å². The van der Waals surface area contributed by atoms with E-state index in [1.807, 2.05) is 0 Å². The van der Waals surface area contributed by atoms with Gasteiger partial charge in [-0.1, -0.05) is 45.4 Å². The first kappa shape index (κ1) is 19.4. The molecule has 0 aliphatic carbocycles. The number of aliphatic hydroxyl groups excluding tert-OH is 2. The number of aliphatic hydroxyl groups is 2. The van der Waals surface area contributed by atoms with Gasteiger partial charge in [-0.2, -0.15) is 0 Å². The maximum Gasteiger partial charge on any atom is 0.305 e. The van der Waals surface area contributed by atoms with Gasteiger partial charge >= 0.3 is 5.97 Å². The van der Waals surface area contributed by atoms with Crippen LogP contribution < -0.4 is 0 Å². The second kappa shape index (κ2) is 13.4. The molecule has 0 aromatic rings. The highest BCUT2D eigenvalue weighted by Gasteiger charge is 2.08. The van der Waals surface area contributed by atoms with Gasteiger partial charge < -0.3 is 14.9 Å². The van der Waals surface area contributed by atoms with E-state index in [0.717, 1.165) is 57.8 Å². The van der Waals surface area contributed by atoms with Crippen LogP contribution in [0.3, 0.4) is 0 Å². The third kappa shape index (κ3) is 12.4. The molecule has 2 atom stereocenters. The summed E-state index contributed by atoms with van der Waals surface area (Å²) in [5.41, 5.74) is 0. The smallest absolute Gasteiger partial charge is 0.305 e. The van der Waals surface area contributed by atoms with Crippen LogP contribution >= 0.6 is 0 Å². The average Bonchev–Trinajstić information content (AvgIpc) is 2.43. The third-order valence-corrected chi connectivity index (χ3v) is 3.61. The van der Waals surface area contributed by atoms with Gasteiger partial charge in [0.05, 0.1) is 19.3 Å². The van der Waals surface area contributed by atoms with Gasteiger partial charge in [0.2, 0.25) is 0 Å². The summed E-state index contributed by atoms with van der Waals surface area (Å²) in [4.78, 5) is 10.9. The monoisotopic (exact) mass is 288 g/mol. The summed E-state index contributed by atoms with van der Waals surface area (Å²) in [6.07, 6.45) is 9.41. The fourth-order valence-electron chi connectivity index (χ4n) is 2.30. The number of hydrogen-bond acceptors (Lipinski definition) is 4. The largest absolute Gasteiger partial charge is 0.469 e. The molecule has 0 aliphatic rings. The molecule has 4 heteroatoms. The van der Waals surface area contributed by atoms with Gasteiger partial charge in [-0.25, -0.2) is 0 Å². The van der Waals surface area contributed by atoms with Crippen molar-refractivity contribution in [1.82, 2.24) is 0 Å². The Balaban J connectivity index is 3.29. The molecule has 0 heterocycles. The lowest BCUT2D eigenvalue weighted by molar-refractivity contribution is -0.141. The topological polar surface area (TPSA) is 66.8 Å². The fourth-order valence-corrected chi connectivity index (χ4v) is 2.30. The van der Waals surface area contributed by atoms with E-state index in [0.29, 0.717) is 12.8 Å². The first-order valence-electron chi connectivity index (χ1n) is 8.03. The summed E-state index contributed by atoms with van der Waals surface area (Å²) >= 11 is 0. The van der Waals surface area contributed by atoms with Crippen LogP contribution in [0.2, 0.25) is 0 Å². The van der Waals surface area contributed by atoms with Gasteiger partial charge in [-0.15, -0.1) is 0 Å². The van der Waals surface area contributed by atoms with Crippen molar-refractivity contribution in [2.45, 2.75) is 89.8 Å². The Hall–Kier alpha value is -0.610. The number of methoxy groups -OCH3 is 1. The van der Waals surface area contributed by atoms with Gasteiger partial charge in [0.1, 0.15) is 0 Å². The zero-order valence-electron chi connectivity index (χ0n) is 13.1. The molecule has 0 amide bonds. The van der Waals surface area contributed by atoms with Gasteiger partial charge in [-0.05, 0) is 25.7 Å². The number of unbranched alkanes of at least 4 members (excludes halogenated alkanes) is 4. The minimum atomic E-state index is -0.388. The van der Waals surface area contributed by atoms with Crippen molar-refractivity contribution in [2.24, 2.45) is 0 Å². The first-order chi connectivity index (χ1) is 9.60. The molecule has 0 rings (SSSR count). The molecule has 0 fully saturated rings. The van der Waals surface area contributed by atoms with Crippen molar-refractivity contribution < 1.29 is 19.7 Å². The fraction of sp³-hybridized carbons (Fsp3) is 0.938. The van der Waals surface area contributed by atoms with Crippen molar-refractivity contribution in [3.8, 4) is 0 Å². The Labute approximate surface area is 123 Å². The summed E-state index contributed by atoms with van der Waals surface area (Å²) in [5.74, 6) is -0.255. The number of rotatable bonds is 13. The molecule has 0 bridgehead atoms. The SMILES string of the molecule is CCCC(O)CCCCCCCC(O)CCC(=O)OC. The van der Waals surface area contributed by atoms with Crippen molar-refractivity contribution in [3.63, 3.8) is 0 Å². The molecular weight excluding hydrogens is 256 g/mol. The molecule has 120 valence electrons. The van der Waals surface area contributed by atoms with Gasteiger partial charge in [0.15, 0.2) is 0 Å². The van der Waals surface area contributed by atoms with Crippen LogP contribution in [0.25, 0.3) is 0 Å². The van der Waals surface area contributed by atoms with E-state index in [1.54, 1.807) is 0 Å². The summed E-state index contributed by atoms with van der Waals surface area (Å²) in [6, 6.07) is 0. The Kier molecular flexibility index (Phi) is 13.0. The van der Waals surface area contributed by atoms with Crippen LogP contribution in [0, 0.1) is 0 Å². The number of carbonyl (C=O) groups is 1. The highest BCUT2D eigenvalue weighted by atomic mass is 16.5. The molecule has 0 spiro atoms. The molecule has 0 aromatic heterocycles. The molecule has 2 N–H and O–H groups in total. The Morgan fingerprint density at radius 3 is 1.90 bits per heavy atom. The Morgan fingerprint density at radius 1 is 0.900 bits per heavy atom. The predicted molar refractivity (Wildman–Crippen MR) is 80.5 cm³/mol. The highest BCUT2D eigenvalue weighted by Crippen LogP contribution is 2.13. The van der Waals surface area contributed by atoms with Crippen molar-refractivity contribution in [2.75, 3.05) is 7.11 Å². The third-order valence-electron chi connectivity index (χ3n) is 3.61. The second-order valence-electron chi connectivity index (χ2n) is 5.56. The van der Waals surface area contributed by atoms with Gasteiger partial charge in [0, 0.05) is 6.42 Å². The summed E-state index contributed by atoms with van der Waals surface area (Å²) in [7, 11) is 1.37. The summed E-state index contributed by atoms with van der Waals surface area (Å²) < 4.78 is 4.54. The Morgan fingerprint density at radius 2 is 1.40 bits per heavy atom. The molecule has 0 aromatic carbocycles. The molecule has 4 nitrogen and oxygen atoms in total. The second-order valence-corrected chi connectivity index (χ2v) is 5.56. The molecule has 2 unspecified atom stereocenters. The number of ether oxygens (including phenoxy) is 1. The average molecular weight is 288 g/mol. The molecular formula is C16H32O4. The maximum absolute atomic E-state index is 10.9. The van der Waals surface area contributed by atoms with Crippen LogP contribution in [-0.2, 0) is 9.53 Å². The molecule has 0 aliphatic heterocycles. The lowest BCUT2D eigenvalue weighted by Crippen LogP contribution is -2.10. The van der Waals surface area contributed by atoms with E-state index in [-0.39, 0.29) is 18.2 Å². The summed E-state index contributed by atoms with van der Waals surface area (Å²) in [6.45, 7) is 2.09. The number of hydrogen-bond donors (Lipinski definition) is 2. The Bertz CT molecular complexity index is 231. The normalized spacial score (nSPS) is 14.0. The lowest BCUT2D eigenvalue weighted by atomic mass is 10.0. The highest BCUT2D eigenvalue weighted by molar-refractivity contribution is 5.69. The van der Waals surface area contributed by atoms with E-state index < -0.39 is 0 Å². The van der Waals surface area contributed by atoms with E-state index in [4.69, 9.17) is 0 Å². The van der Waals surface area contributed by atoms with E-state index in [1.165, 1.54) is 7.11 Å². The maximum atomic E-state index is 10.9. The number of carbonyl (C=O) groups excluding carboxylic acids is 1. The quantitative estimate of drug-likeness (QED) is 0.403. The zero-order chi connectivity index (χ0) is 15.2. The van der Waals surface area contributed by atoms with Gasteiger partial charge in [0.25, 0.3) is 0 Å². The van der Waals surface area contributed by atoms with Crippen LogP contribution in [0.5, 0.6) is 0 Å². The lowest BCUT2D eigenvalue weighted by Gasteiger charge is -2.10. The zero-order valence-corrected chi connectivity index (χ0v) is 13.1. The first-order valence-corrected chi connectivity index (χ1v) is 8.03. The van der Waals surface area contributed by atoms with Crippen molar-refractivity contribution in [1.29, 1.82) is 0 Å². The van der Waals surface area contributed by atoms with Crippen molar-refractivity contribution in [3.05, 3.63) is 0 Å². The number of esters is 1. The minimum absolute atomic E-state index is 0.125. The summed E-state index contributed by atoms with van der Waals surface area (Å²) in [5, 5.41) is 19.3. The van der Waals surface area contributed by atoms with E-state index in [2.05, 4.69) is 11.7 Å². The molecule has 20 heavy (non-hydrogen) atoms. The van der Waals surface area contributed by atoms with E-state index in [9.17, 15) is 15.0 Å². The van der Waals surface area contributed by atoms with Crippen LogP contribution in [0.15, 0.2) is 0 Å². The predicted octanol–water partition coefficient (Wildman–Crippen LogP) is 3.19. The van der Waals surface area contributed by atoms with Crippen LogP contribution in [-0.4, -0.2) is 35.5 Å². The molecule has 0 saturated heterocycles. The van der Waals surface area contributed by atoms with Gasteiger partial charge in [-0.3, -0.25) is 4.79 Å². The molecule has 0 radical (unpaired) electrons. The molecule has 0 saturated carbocycles. The van der Waals surface area contributed by atoms with Crippen LogP contribution in [0.1, 0.15) is 77.6 Å². The minimum Gasteiger partial charge on any atom is -0.469 e. The van der Waals surface area contributed by atoms with Crippen molar-refractivity contribution >= 4 is 5.97 Å². The standard InChI is InChI=1S/C16H32O4/c1-3-9-14(17)10-7-5-4-6-8-11-15(18)12-13-16(19)20-2/h14-15,17-18H,3-13H2,1-2H3. The van der Waals surface area contributed by atoms with Crippen LogP contribution in [0.4, 0.5) is 0 Å².